The first-order valence-electron chi connectivity index (χ1n) is 10.4. The molecular formula is C22H30N4O4. The number of aromatic amines is 1. The molecule has 2 aliphatic rings. The Morgan fingerprint density at radius 3 is 2.60 bits per heavy atom. The van der Waals surface area contributed by atoms with Crippen LogP contribution in [0.4, 0.5) is 5.95 Å². The highest BCUT2D eigenvalue weighted by Gasteiger charge is 2.27. The number of hydrogen-bond donors (Lipinski definition) is 1. The van der Waals surface area contributed by atoms with E-state index in [1.807, 2.05) is 32.0 Å². The quantitative estimate of drug-likeness (QED) is 0.801. The minimum absolute atomic E-state index is 0.0208. The maximum absolute atomic E-state index is 12.7. The molecule has 0 spiro atoms. The predicted molar refractivity (Wildman–Crippen MR) is 114 cm³/mol. The van der Waals surface area contributed by atoms with Crippen LogP contribution in [-0.4, -0.2) is 60.9 Å². The average molecular weight is 415 g/mol. The number of aromatic nitrogens is 2. The molecule has 8 nitrogen and oxygen atoms in total. The fourth-order valence-corrected chi connectivity index (χ4v) is 4.35. The van der Waals surface area contributed by atoms with E-state index in [4.69, 9.17) is 19.2 Å². The number of H-pyrrole nitrogens is 1. The Balaban J connectivity index is 1.53. The summed E-state index contributed by atoms with van der Waals surface area (Å²) in [5.74, 6) is 2.09. The van der Waals surface area contributed by atoms with Gasteiger partial charge in [0.1, 0.15) is 0 Å². The first-order chi connectivity index (χ1) is 14.5. The Kier molecular flexibility index (Phi) is 5.97. The van der Waals surface area contributed by atoms with Crippen LogP contribution in [-0.2, 0) is 24.2 Å². The van der Waals surface area contributed by atoms with E-state index < -0.39 is 0 Å². The number of benzene rings is 1. The Bertz CT molecular complexity index is 951. The number of morpholine rings is 1. The van der Waals surface area contributed by atoms with Gasteiger partial charge in [-0.15, -0.1) is 0 Å². The molecule has 2 aromatic rings. The van der Waals surface area contributed by atoms with Crippen LogP contribution < -0.4 is 19.9 Å². The van der Waals surface area contributed by atoms with Crippen molar-refractivity contribution < 1.29 is 14.2 Å². The SMILES string of the molecule is COc1ccc(CN2CCc3c(nc(N4CC(C)OC(C)C4)[nH]c3=O)C2)cc1OC. The van der Waals surface area contributed by atoms with Crippen LogP contribution in [0.1, 0.15) is 30.7 Å². The number of nitrogens with zero attached hydrogens (tertiary/aromatic N) is 3. The van der Waals surface area contributed by atoms with Crippen LogP contribution in [0.25, 0.3) is 0 Å². The molecule has 1 aromatic heterocycles. The van der Waals surface area contributed by atoms with Gasteiger partial charge >= 0.3 is 0 Å². The van der Waals surface area contributed by atoms with E-state index in [1.54, 1.807) is 14.2 Å². The summed E-state index contributed by atoms with van der Waals surface area (Å²) in [6.45, 7) is 7.76. The summed E-state index contributed by atoms with van der Waals surface area (Å²) in [6, 6.07) is 5.97. The van der Waals surface area contributed by atoms with Crippen molar-refractivity contribution in [3.05, 3.63) is 45.4 Å². The van der Waals surface area contributed by atoms with Gasteiger partial charge in [0.2, 0.25) is 5.95 Å². The van der Waals surface area contributed by atoms with Gasteiger partial charge in [0, 0.05) is 38.3 Å². The second-order valence-electron chi connectivity index (χ2n) is 8.13. The third kappa shape index (κ3) is 4.29. The van der Waals surface area contributed by atoms with E-state index in [2.05, 4.69) is 14.8 Å². The fourth-order valence-electron chi connectivity index (χ4n) is 4.35. The summed E-state index contributed by atoms with van der Waals surface area (Å²) < 4.78 is 16.6. The molecule has 8 heteroatoms. The van der Waals surface area contributed by atoms with Gasteiger partial charge in [-0.05, 0) is 38.0 Å². The number of rotatable bonds is 5. The second-order valence-corrected chi connectivity index (χ2v) is 8.13. The maximum Gasteiger partial charge on any atom is 0.255 e. The Morgan fingerprint density at radius 1 is 1.17 bits per heavy atom. The number of ether oxygens (including phenoxy) is 3. The molecule has 30 heavy (non-hydrogen) atoms. The maximum atomic E-state index is 12.7. The van der Waals surface area contributed by atoms with E-state index in [-0.39, 0.29) is 17.8 Å². The summed E-state index contributed by atoms with van der Waals surface area (Å²) in [4.78, 5) is 25.0. The number of methoxy groups -OCH3 is 2. The smallest absolute Gasteiger partial charge is 0.255 e. The molecule has 0 aliphatic carbocycles. The summed E-state index contributed by atoms with van der Waals surface area (Å²) in [5.41, 5.74) is 2.79. The lowest BCUT2D eigenvalue weighted by molar-refractivity contribution is -0.00576. The standard InChI is InChI=1S/C22H30N4O4/c1-14-10-26(11-15(2)30-14)22-23-18-13-25(8-7-17(18)21(27)24-22)12-16-5-6-19(28-3)20(9-16)29-4/h5-6,9,14-15H,7-8,10-13H2,1-4H3,(H,23,24,27). The molecule has 0 amide bonds. The van der Waals surface area contributed by atoms with Gasteiger partial charge in [-0.25, -0.2) is 4.98 Å². The molecule has 4 rings (SSSR count). The second kappa shape index (κ2) is 8.65. The van der Waals surface area contributed by atoms with Crippen molar-refractivity contribution in [3.63, 3.8) is 0 Å². The van der Waals surface area contributed by atoms with Gasteiger partial charge in [-0.2, -0.15) is 0 Å². The third-order valence-electron chi connectivity index (χ3n) is 5.71. The van der Waals surface area contributed by atoms with Gasteiger partial charge in [-0.3, -0.25) is 14.7 Å². The minimum atomic E-state index is -0.0208. The number of fused-ring (bicyclic) bond motifs is 1. The largest absolute Gasteiger partial charge is 0.493 e. The molecule has 1 fully saturated rings. The van der Waals surface area contributed by atoms with Crippen LogP contribution in [0, 0.1) is 0 Å². The van der Waals surface area contributed by atoms with Crippen molar-refractivity contribution in [2.45, 2.75) is 45.6 Å². The van der Waals surface area contributed by atoms with Crippen molar-refractivity contribution in [3.8, 4) is 11.5 Å². The molecule has 1 saturated heterocycles. The van der Waals surface area contributed by atoms with Crippen molar-refractivity contribution in [2.24, 2.45) is 0 Å². The van der Waals surface area contributed by atoms with E-state index in [1.165, 1.54) is 0 Å². The lowest BCUT2D eigenvalue weighted by Crippen LogP contribution is -2.47. The van der Waals surface area contributed by atoms with Crippen LogP contribution in [0.2, 0.25) is 0 Å². The van der Waals surface area contributed by atoms with Crippen molar-refractivity contribution >= 4 is 5.95 Å². The minimum Gasteiger partial charge on any atom is -0.493 e. The molecule has 2 unspecified atom stereocenters. The van der Waals surface area contributed by atoms with Gasteiger partial charge in [-0.1, -0.05) is 6.07 Å². The zero-order valence-corrected chi connectivity index (χ0v) is 18.1. The average Bonchev–Trinajstić information content (AvgIpc) is 2.72. The van der Waals surface area contributed by atoms with Gasteiger partial charge in [0.25, 0.3) is 5.56 Å². The third-order valence-corrected chi connectivity index (χ3v) is 5.71. The molecule has 0 saturated carbocycles. The highest BCUT2D eigenvalue weighted by molar-refractivity contribution is 5.43. The van der Waals surface area contributed by atoms with E-state index in [0.29, 0.717) is 18.9 Å². The normalized spacial score (nSPS) is 21.9. The molecule has 1 N–H and O–H groups in total. The van der Waals surface area contributed by atoms with Crippen LogP contribution in [0.3, 0.4) is 0 Å². The van der Waals surface area contributed by atoms with Gasteiger partial charge in [0.05, 0.1) is 32.1 Å². The van der Waals surface area contributed by atoms with Crippen LogP contribution >= 0.6 is 0 Å². The lowest BCUT2D eigenvalue weighted by atomic mass is 10.1. The van der Waals surface area contributed by atoms with E-state index in [9.17, 15) is 4.79 Å². The predicted octanol–water partition coefficient (Wildman–Crippen LogP) is 1.96. The van der Waals surface area contributed by atoms with Gasteiger partial charge in [0.15, 0.2) is 11.5 Å². The molecule has 2 atom stereocenters. The molecule has 1 aromatic carbocycles. The lowest BCUT2D eigenvalue weighted by Gasteiger charge is -2.36. The number of anilines is 1. The zero-order chi connectivity index (χ0) is 21.3. The molecule has 2 aliphatic heterocycles. The summed E-state index contributed by atoms with van der Waals surface area (Å²) in [5, 5.41) is 0. The first kappa shape index (κ1) is 20.7. The molecule has 3 heterocycles. The van der Waals surface area contributed by atoms with Crippen molar-refractivity contribution in [1.29, 1.82) is 0 Å². The van der Waals surface area contributed by atoms with Crippen molar-refractivity contribution in [1.82, 2.24) is 14.9 Å². The Hall–Kier alpha value is -2.58. The highest BCUT2D eigenvalue weighted by Crippen LogP contribution is 2.29. The van der Waals surface area contributed by atoms with E-state index >= 15 is 0 Å². The summed E-state index contributed by atoms with van der Waals surface area (Å²) >= 11 is 0. The first-order valence-corrected chi connectivity index (χ1v) is 10.4. The highest BCUT2D eigenvalue weighted by atomic mass is 16.5. The number of nitrogens with one attached hydrogen (secondary N) is 1. The summed E-state index contributed by atoms with van der Waals surface area (Å²) in [6.07, 6.45) is 0.912. The number of hydrogen-bond acceptors (Lipinski definition) is 7. The molecular weight excluding hydrogens is 384 g/mol. The van der Waals surface area contributed by atoms with Crippen LogP contribution in [0.15, 0.2) is 23.0 Å². The topological polar surface area (TPSA) is 79.9 Å². The summed E-state index contributed by atoms with van der Waals surface area (Å²) in [7, 11) is 3.28. The Labute approximate surface area is 176 Å². The fraction of sp³-hybridized carbons (Fsp3) is 0.545. The van der Waals surface area contributed by atoms with Gasteiger partial charge < -0.3 is 19.1 Å². The van der Waals surface area contributed by atoms with E-state index in [0.717, 1.165) is 54.5 Å². The molecule has 162 valence electrons. The zero-order valence-electron chi connectivity index (χ0n) is 18.1. The van der Waals surface area contributed by atoms with Crippen molar-refractivity contribution in [2.75, 3.05) is 38.8 Å². The monoisotopic (exact) mass is 414 g/mol. The molecule has 0 bridgehead atoms. The molecule has 0 radical (unpaired) electrons. The van der Waals surface area contributed by atoms with Crippen LogP contribution in [0.5, 0.6) is 11.5 Å². The Morgan fingerprint density at radius 2 is 1.90 bits per heavy atom.